The molecule has 0 aliphatic carbocycles. The molecule has 2 nitrogen and oxygen atoms in total. The molecule has 204 valence electrons. The van der Waals surface area contributed by atoms with Crippen molar-refractivity contribution in [1.29, 1.82) is 0 Å². The first-order valence-electron chi connectivity index (χ1n) is 14.1. The van der Waals surface area contributed by atoms with Crippen molar-refractivity contribution in [3.05, 3.63) is 107 Å². The van der Waals surface area contributed by atoms with Crippen molar-refractivity contribution in [1.82, 2.24) is 9.13 Å². The molecule has 0 saturated carbocycles. The third-order valence-corrected chi connectivity index (χ3v) is 13.4. The standard InChI is InChI=1S/C36H26N2S4/c1-37-27-9-7-21(31-11-13-35(41-31)33-5-3-15-39-33)17-23(27)25-20-30-26(19-29(25)37)24-18-22(8-10-28(24)38(30)2)32-12-14-36(42-32)34-6-4-16-40-34/h3-5,7-20,34H,6H2,1-2H3. The molecule has 1 aliphatic heterocycles. The van der Waals surface area contributed by atoms with Crippen LogP contribution in [0, 0.1) is 0 Å². The first kappa shape index (κ1) is 25.0. The molecule has 42 heavy (non-hydrogen) atoms. The highest BCUT2D eigenvalue weighted by molar-refractivity contribution is 8.02. The number of hydrogen-bond donors (Lipinski definition) is 0. The van der Waals surface area contributed by atoms with Crippen LogP contribution in [0.15, 0.2) is 102 Å². The maximum atomic E-state index is 2.41. The lowest BCUT2D eigenvalue weighted by atomic mass is 10.1. The number of rotatable bonds is 4. The predicted octanol–water partition coefficient (Wildman–Crippen LogP) is 11.9. The number of hydrogen-bond acceptors (Lipinski definition) is 4. The molecule has 0 spiro atoms. The second-order valence-electron chi connectivity index (χ2n) is 11.0. The van der Waals surface area contributed by atoms with Gasteiger partial charge in [0.2, 0.25) is 0 Å². The van der Waals surface area contributed by atoms with Crippen LogP contribution in [0.4, 0.5) is 0 Å². The van der Waals surface area contributed by atoms with Crippen LogP contribution < -0.4 is 0 Å². The summed E-state index contributed by atoms with van der Waals surface area (Å²) in [6, 6.07) is 32.3. The lowest BCUT2D eigenvalue weighted by molar-refractivity contribution is 1.01. The zero-order chi connectivity index (χ0) is 27.9. The summed E-state index contributed by atoms with van der Waals surface area (Å²) in [4.78, 5) is 6.81. The first-order valence-corrected chi connectivity index (χ1v) is 17.6. The topological polar surface area (TPSA) is 9.86 Å². The largest absolute Gasteiger partial charge is 0.344 e. The minimum Gasteiger partial charge on any atom is -0.344 e. The van der Waals surface area contributed by atoms with E-state index in [0.29, 0.717) is 5.25 Å². The van der Waals surface area contributed by atoms with E-state index in [2.05, 4.69) is 125 Å². The maximum absolute atomic E-state index is 2.41. The average molecular weight is 615 g/mol. The monoisotopic (exact) mass is 614 g/mol. The fourth-order valence-corrected chi connectivity index (χ4v) is 10.5. The van der Waals surface area contributed by atoms with Gasteiger partial charge in [0.15, 0.2) is 0 Å². The Kier molecular flexibility index (Phi) is 5.64. The zero-order valence-electron chi connectivity index (χ0n) is 23.1. The number of aromatic nitrogens is 2. The van der Waals surface area contributed by atoms with Gasteiger partial charge in [0.05, 0.1) is 0 Å². The van der Waals surface area contributed by atoms with Crippen molar-refractivity contribution in [3.63, 3.8) is 0 Å². The van der Waals surface area contributed by atoms with E-state index in [9.17, 15) is 0 Å². The third kappa shape index (κ3) is 3.75. The Morgan fingerprint density at radius 3 is 1.83 bits per heavy atom. The van der Waals surface area contributed by atoms with Crippen molar-refractivity contribution < 1.29 is 0 Å². The molecule has 0 fully saturated rings. The Morgan fingerprint density at radius 2 is 1.21 bits per heavy atom. The van der Waals surface area contributed by atoms with Crippen molar-refractivity contribution in [2.45, 2.75) is 11.7 Å². The lowest BCUT2D eigenvalue weighted by Crippen LogP contribution is -1.87. The quantitative estimate of drug-likeness (QED) is 0.192. The van der Waals surface area contributed by atoms with Crippen LogP contribution in [0.3, 0.4) is 0 Å². The van der Waals surface area contributed by atoms with Gasteiger partial charge in [0.25, 0.3) is 0 Å². The number of aryl methyl sites for hydroxylation is 2. The van der Waals surface area contributed by atoms with Gasteiger partial charge >= 0.3 is 0 Å². The first-order chi connectivity index (χ1) is 20.6. The fraction of sp³-hybridized carbons (Fsp3) is 0.111. The molecule has 5 aromatic heterocycles. The lowest BCUT2D eigenvalue weighted by Gasteiger charge is -2.04. The molecule has 1 aliphatic rings. The van der Waals surface area contributed by atoms with Gasteiger partial charge in [0.1, 0.15) is 0 Å². The van der Waals surface area contributed by atoms with Crippen LogP contribution in [0.1, 0.15) is 16.5 Å². The molecule has 6 heterocycles. The number of thioether (sulfide) groups is 1. The minimum atomic E-state index is 0.577. The predicted molar refractivity (Wildman–Crippen MR) is 188 cm³/mol. The smallest absolute Gasteiger partial charge is 0.0496 e. The molecule has 3 aromatic carbocycles. The van der Waals surface area contributed by atoms with Gasteiger partial charge in [-0.15, -0.1) is 45.8 Å². The summed E-state index contributed by atoms with van der Waals surface area (Å²) in [5.41, 5.74) is 7.70. The highest BCUT2D eigenvalue weighted by Gasteiger charge is 2.19. The van der Waals surface area contributed by atoms with Gasteiger partial charge in [-0.2, -0.15) is 0 Å². The normalized spacial score (nSPS) is 15.3. The molecule has 1 atom stereocenters. The van der Waals surface area contributed by atoms with Crippen LogP contribution in [0.5, 0.6) is 0 Å². The molecule has 0 bridgehead atoms. The van der Waals surface area contributed by atoms with E-state index in [1.54, 1.807) is 11.3 Å². The van der Waals surface area contributed by atoms with E-state index in [-0.39, 0.29) is 0 Å². The second kappa shape index (κ2) is 9.48. The number of allylic oxidation sites excluding steroid dienone is 1. The second-order valence-corrected chi connectivity index (χ2v) is 15.3. The summed E-state index contributed by atoms with van der Waals surface area (Å²) < 4.78 is 4.73. The molecule has 8 aromatic rings. The molecule has 0 radical (unpaired) electrons. The maximum Gasteiger partial charge on any atom is 0.0496 e. The minimum absolute atomic E-state index is 0.577. The molecule has 9 rings (SSSR count). The van der Waals surface area contributed by atoms with E-state index < -0.39 is 0 Å². The van der Waals surface area contributed by atoms with E-state index in [1.807, 2.05) is 34.4 Å². The van der Waals surface area contributed by atoms with Crippen LogP contribution in [-0.2, 0) is 14.1 Å². The summed E-state index contributed by atoms with van der Waals surface area (Å²) in [6.07, 6.45) is 3.43. The molecular formula is C36H26N2S4. The molecule has 6 heteroatoms. The van der Waals surface area contributed by atoms with Crippen molar-refractivity contribution in [3.8, 4) is 30.6 Å². The molecule has 0 amide bonds. The highest BCUT2D eigenvalue weighted by Crippen LogP contribution is 2.45. The Balaban J connectivity index is 1.18. The zero-order valence-corrected chi connectivity index (χ0v) is 26.4. The van der Waals surface area contributed by atoms with E-state index in [0.717, 1.165) is 6.42 Å². The summed E-state index contributed by atoms with van der Waals surface area (Å²) in [7, 11) is 4.41. The van der Waals surface area contributed by atoms with Crippen molar-refractivity contribution >= 4 is 89.4 Å². The SMILES string of the molecule is Cn1c2ccc(-c3ccc(-c4cccs4)s3)cc2c2cc3c(cc21)c1cc(-c2ccc(C4CC=CS4)s2)ccc1n3C. The summed E-state index contributed by atoms with van der Waals surface area (Å²) in [5, 5.41) is 10.2. The summed E-state index contributed by atoms with van der Waals surface area (Å²) >= 11 is 7.56. The van der Waals surface area contributed by atoms with Crippen LogP contribution >= 0.6 is 45.8 Å². The Labute approximate surface area is 260 Å². The molecular weight excluding hydrogens is 589 g/mol. The number of thiophene rings is 3. The van der Waals surface area contributed by atoms with Gasteiger partial charge in [-0.25, -0.2) is 0 Å². The van der Waals surface area contributed by atoms with Crippen molar-refractivity contribution in [2.75, 3.05) is 0 Å². The van der Waals surface area contributed by atoms with Crippen LogP contribution in [-0.4, -0.2) is 9.13 Å². The van der Waals surface area contributed by atoms with Gasteiger partial charge in [0, 0.05) is 87.3 Å². The van der Waals surface area contributed by atoms with Crippen LogP contribution in [0.2, 0.25) is 0 Å². The number of benzene rings is 3. The number of fused-ring (bicyclic) bond motifs is 6. The van der Waals surface area contributed by atoms with E-state index >= 15 is 0 Å². The van der Waals surface area contributed by atoms with E-state index in [1.165, 1.54) is 79.1 Å². The Bertz CT molecular complexity index is 2330. The van der Waals surface area contributed by atoms with Gasteiger partial charge in [-0.1, -0.05) is 24.3 Å². The van der Waals surface area contributed by atoms with Crippen molar-refractivity contribution in [2.24, 2.45) is 14.1 Å². The number of nitrogens with zero attached hydrogens (tertiary/aromatic N) is 2. The van der Waals surface area contributed by atoms with Gasteiger partial charge < -0.3 is 9.13 Å². The third-order valence-electron chi connectivity index (χ3n) is 8.71. The van der Waals surface area contributed by atoms with Gasteiger partial charge in [-0.3, -0.25) is 0 Å². The van der Waals surface area contributed by atoms with Gasteiger partial charge in [-0.05, 0) is 95.1 Å². The van der Waals surface area contributed by atoms with Crippen LogP contribution in [0.25, 0.3) is 74.2 Å². The molecule has 0 N–H and O–H groups in total. The highest BCUT2D eigenvalue weighted by atomic mass is 32.2. The van der Waals surface area contributed by atoms with E-state index in [4.69, 9.17) is 0 Å². The summed E-state index contributed by atoms with van der Waals surface area (Å²) in [6.45, 7) is 0. The molecule has 0 saturated heterocycles. The Hall–Kier alpha value is -3.55. The average Bonchev–Trinajstić information content (AvgIpc) is 3.85. The molecule has 1 unspecified atom stereocenters. The Morgan fingerprint density at radius 1 is 0.595 bits per heavy atom. The fourth-order valence-electron chi connectivity index (χ4n) is 6.51. The summed E-state index contributed by atoms with van der Waals surface area (Å²) in [5.74, 6) is 0.